The Hall–Kier alpha value is -0.890. The highest BCUT2D eigenvalue weighted by atomic mass is 19.1. The first-order valence-corrected chi connectivity index (χ1v) is 3.97. The smallest absolute Gasteiger partial charge is 0.126 e. The van der Waals surface area contributed by atoms with E-state index >= 15 is 0 Å². The van der Waals surface area contributed by atoms with E-state index in [1.54, 1.807) is 19.1 Å². The number of nitrogens with two attached hydrogens (primary N) is 1. The molecule has 2 N–H and O–H groups in total. The van der Waals surface area contributed by atoms with Crippen molar-refractivity contribution in [2.45, 2.75) is 26.3 Å². The molecule has 0 radical (unpaired) electrons. The second-order valence-corrected chi connectivity index (χ2v) is 3.69. The van der Waals surface area contributed by atoms with Gasteiger partial charge in [-0.05, 0) is 38.0 Å². The van der Waals surface area contributed by atoms with Crippen molar-refractivity contribution in [2.75, 3.05) is 0 Å². The summed E-state index contributed by atoms with van der Waals surface area (Å²) in [7, 11) is 0. The van der Waals surface area contributed by atoms with E-state index in [-0.39, 0.29) is 5.82 Å². The fraction of sp³-hybridized carbons (Fsp3) is 0.400. The lowest BCUT2D eigenvalue weighted by atomic mass is 9.94. The van der Waals surface area contributed by atoms with Crippen LogP contribution in [0, 0.1) is 12.7 Å². The number of hydrogen-bond acceptors (Lipinski definition) is 1. The molecule has 1 aromatic rings. The van der Waals surface area contributed by atoms with Crippen LogP contribution in [0.15, 0.2) is 18.2 Å². The molecule has 0 unspecified atom stereocenters. The van der Waals surface area contributed by atoms with Crippen LogP contribution in [0.5, 0.6) is 0 Å². The molecule has 0 aliphatic heterocycles. The van der Waals surface area contributed by atoms with E-state index < -0.39 is 5.54 Å². The summed E-state index contributed by atoms with van der Waals surface area (Å²) in [6, 6.07) is 4.97. The lowest BCUT2D eigenvalue weighted by Gasteiger charge is -2.19. The molecule has 0 aromatic heterocycles. The normalized spacial score (nSPS) is 11.8. The minimum absolute atomic E-state index is 0.178. The minimum atomic E-state index is -0.390. The van der Waals surface area contributed by atoms with Crippen LogP contribution in [0.25, 0.3) is 0 Å². The maximum absolute atomic E-state index is 12.8. The summed E-state index contributed by atoms with van der Waals surface area (Å²) in [6.07, 6.45) is 0. The van der Waals surface area contributed by atoms with Gasteiger partial charge in [0.2, 0.25) is 0 Å². The van der Waals surface area contributed by atoms with Crippen LogP contribution in [0.2, 0.25) is 0 Å². The van der Waals surface area contributed by atoms with Crippen molar-refractivity contribution >= 4 is 0 Å². The molecular weight excluding hydrogens is 153 g/mol. The van der Waals surface area contributed by atoms with Crippen LogP contribution in [-0.4, -0.2) is 0 Å². The Balaban J connectivity index is 3.14. The Kier molecular flexibility index (Phi) is 2.20. The first-order chi connectivity index (χ1) is 5.41. The highest BCUT2D eigenvalue weighted by molar-refractivity contribution is 5.28. The molecule has 1 nitrogen and oxygen atoms in total. The molecular formula is C10H14FN. The van der Waals surface area contributed by atoms with Crippen molar-refractivity contribution in [3.05, 3.63) is 35.1 Å². The topological polar surface area (TPSA) is 26.0 Å². The first kappa shape index (κ1) is 9.20. The molecule has 0 atom stereocenters. The summed E-state index contributed by atoms with van der Waals surface area (Å²) < 4.78 is 12.8. The molecule has 2 heteroatoms. The summed E-state index contributed by atoms with van der Waals surface area (Å²) in [5.41, 5.74) is 7.07. The Morgan fingerprint density at radius 2 is 1.92 bits per heavy atom. The van der Waals surface area contributed by atoms with Crippen molar-refractivity contribution in [3.63, 3.8) is 0 Å². The minimum Gasteiger partial charge on any atom is -0.322 e. The molecule has 1 aromatic carbocycles. The Bertz CT molecular complexity index is 286. The molecule has 0 aliphatic carbocycles. The monoisotopic (exact) mass is 167 g/mol. The summed E-state index contributed by atoms with van der Waals surface area (Å²) in [5.74, 6) is -0.178. The predicted octanol–water partition coefficient (Wildman–Crippen LogP) is 2.33. The van der Waals surface area contributed by atoms with Crippen molar-refractivity contribution in [3.8, 4) is 0 Å². The van der Waals surface area contributed by atoms with Gasteiger partial charge in [-0.25, -0.2) is 4.39 Å². The molecule has 0 aliphatic rings. The Morgan fingerprint density at radius 3 is 2.33 bits per heavy atom. The summed E-state index contributed by atoms with van der Waals surface area (Å²) in [4.78, 5) is 0. The van der Waals surface area contributed by atoms with Gasteiger partial charge < -0.3 is 5.73 Å². The molecule has 0 saturated heterocycles. The lowest BCUT2D eigenvalue weighted by Crippen LogP contribution is -2.28. The van der Waals surface area contributed by atoms with Crippen molar-refractivity contribution in [1.29, 1.82) is 0 Å². The molecule has 66 valence electrons. The average Bonchev–Trinajstić information content (AvgIpc) is 1.92. The highest BCUT2D eigenvalue weighted by Gasteiger charge is 2.14. The molecule has 1 rings (SSSR count). The molecule has 0 heterocycles. The van der Waals surface area contributed by atoms with Gasteiger partial charge in [0, 0.05) is 5.54 Å². The van der Waals surface area contributed by atoms with Gasteiger partial charge in [-0.1, -0.05) is 12.1 Å². The van der Waals surface area contributed by atoms with Gasteiger partial charge in [-0.3, -0.25) is 0 Å². The maximum Gasteiger partial charge on any atom is 0.126 e. The van der Waals surface area contributed by atoms with Gasteiger partial charge in [0.25, 0.3) is 0 Å². The second-order valence-electron chi connectivity index (χ2n) is 3.69. The van der Waals surface area contributed by atoms with Gasteiger partial charge >= 0.3 is 0 Å². The number of hydrogen-bond donors (Lipinski definition) is 1. The van der Waals surface area contributed by atoms with E-state index in [4.69, 9.17) is 5.73 Å². The third kappa shape index (κ3) is 1.83. The fourth-order valence-electron chi connectivity index (χ4n) is 1.05. The van der Waals surface area contributed by atoms with Crippen molar-refractivity contribution in [2.24, 2.45) is 5.73 Å². The van der Waals surface area contributed by atoms with Crippen LogP contribution in [0.1, 0.15) is 25.0 Å². The first-order valence-electron chi connectivity index (χ1n) is 3.97. The highest BCUT2D eigenvalue weighted by Crippen LogP contribution is 2.19. The zero-order chi connectivity index (χ0) is 9.35. The molecule has 0 saturated carbocycles. The standard InChI is InChI=1S/C10H14FN/c1-7-6-8(10(2,3)12)4-5-9(7)11/h4-6H,12H2,1-3H3. The number of aryl methyl sites for hydroxylation is 1. The lowest BCUT2D eigenvalue weighted by molar-refractivity contribution is 0.549. The van der Waals surface area contributed by atoms with Crippen molar-refractivity contribution < 1.29 is 4.39 Å². The van der Waals surface area contributed by atoms with Crippen molar-refractivity contribution in [1.82, 2.24) is 0 Å². The second kappa shape index (κ2) is 2.87. The molecule has 0 fully saturated rings. The van der Waals surface area contributed by atoms with Crippen LogP contribution in [0.3, 0.4) is 0 Å². The van der Waals surface area contributed by atoms with Crippen LogP contribution in [0.4, 0.5) is 4.39 Å². The average molecular weight is 167 g/mol. The summed E-state index contributed by atoms with van der Waals surface area (Å²) in [6.45, 7) is 5.55. The van der Waals surface area contributed by atoms with E-state index in [1.807, 2.05) is 13.8 Å². The molecule has 12 heavy (non-hydrogen) atoms. The zero-order valence-electron chi connectivity index (χ0n) is 7.69. The van der Waals surface area contributed by atoms with Gasteiger partial charge in [0.15, 0.2) is 0 Å². The number of rotatable bonds is 1. The summed E-state index contributed by atoms with van der Waals surface area (Å²) in [5, 5.41) is 0. The third-order valence-corrected chi connectivity index (χ3v) is 1.90. The van der Waals surface area contributed by atoms with E-state index in [2.05, 4.69) is 0 Å². The quantitative estimate of drug-likeness (QED) is 0.682. The fourth-order valence-corrected chi connectivity index (χ4v) is 1.05. The van der Waals surface area contributed by atoms with E-state index in [9.17, 15) is 4.39 Å². The SMILES string of the molecule is Cc1cc(C(C)(C)N)ccc1F. The summed E-state index contributed by atoms with van der Waals surface area (Å²) >= 11 is 0. The maximum atomic E-state index is 12.8. The molecule has 0 bridgehead atoms. The number of benzene rings is 1. The van der Waals surface area contributed by atoms with Crippen LogP contribution in [-0.2, 0) is 5.54 Å². The van der Waals surface area contributed by atoms with Crippen LogP contribution >= 0.6 is 0 Å². The predicted molar refractivity (Wildman–Crippen MR) is 48.4 cm³/mol. The Labute approximate surface area is 72.4 Å². The zero-order valence-corrected chi connectivity index (χ0v) is 7.69. The molecule has 0 spiro atoms. The molecule has 0 amide bonds. The van der Waals surface area contributed by atoms with Crippen LogP contribution < -0.4 is 5.73 Å². The van der Waals surface area contributed by atoms with Gasteiger partial charge in [0.05, 0.1) is 0 Å². The van der Waals surface area contributed by atoms with Gasteiger partial charge in [0.1, 0.15) is 5.82 Å². The Morgan fingerprint density at radius 1 is 1.33 bits per heavy atom. The van der Waals surface area contributed by atoms with Gasteiger partial charge in [-0.15, -0.1) is 0 Å². The third-order valence-electron chi connectivity index (χ3n) is 1.90. The van der Waals surface area contributed by atoms with E-state index in [0.29, 0.717) is 5.56 Å². The van der Waals surface area contributed by atoms with Gasteiger partial charge in [-0.2, -0.15) is 0 Å². The number of halogens is 1. The largest absolute Gasteiger partial charge is 0.322 e. The van der Waals surface area contributed by atoms with E-state index in [0.717, 1.165) is 5.56 Å². The van der Waals surface area contributed by atoms with E-state index in [1.165, 1.54) is 6.07 Å².